The van der Waals surface area contributed by atoms with E-state index in [0.717, 1.165) is 32.1 Å². The Morgan fingerprint density at radius 3 is 2.18 bits per heavy atom. The molecule has 0 aromatic heterocycles. The van der Waals surface area contributed by atoms with Crippen molar-refractivity contribution in [2.24, 2.45) is 11.8 Å². The molecule has 0 saturated carbocycles. The number of likely N-dealkylation sites (N-methyl/N-ethyl adjacent to an activating group) is 1. The van der Waals surface area contributed by atoms with E-state index < -0.39 is 0 Å². The average molecular weight is 240 g/mol. The van der Waals surface area contributed by atoms with E-state index in [2.05, 4.69) is 58.3 Å². The van der Waals surface area contributed by atoms with Gasteiger partial charge in [0.05, 0.1) is 0 Å². The van der Waals surface area contributed by atoms with Crippen molar-refractivity contribution in [1.82, 2.24) is 10.2 Å². The van der Waals surface area contributed by atoms with E-state index >= 15 is 0 Å². The van der Waals surface area contributed by atoms with Gasteiger partial charge in [-0.25, -0.2) is 0 Å². The molecule has 0 aliphatic heterocycles. The Hall–Kier alpha value is -0.340. The first kappa shape index (κ1) is 16.7. The van der Waals surface area contributed by atoms with E-state index in [1.54, 1.807) is 0 Å². The van der Waals surface area contributed by atoms with Crippen molar-refractivity contribution in [1.29, 1.82) is 0 Å². The van der Waals surface area contributed by atoms with Crippen molar-refractivity contribution in [2.75, 3.05) is 26.2 Å². The van der Waals surface area contributed by atoms with Gasteiger partial charge in [-0.3, -0.25) is 4.90 Å². The molecule has 2 unspecified atom stereocenters. The van der Waals surface area contributed by atoms with Crippen LogP contribution in [0.2, 0.25) is 0 Å². The quantitative estimate of drug-likeness (QED) is 0.623. The summed E-state index contributed by atoms with van der Waals surface area (Å²) in [5.74, 6) is 1.41. The molecule has 2 atom stereocenters. The number of hydrogen-bond acceptors (Lipinski definition) is 2. The van der Waals surface area contributed by atoms with Crippen LogP contribution in [0.3, 0.4) is 0 Å². The topological polar surface area (TPSA) is 15.3 Å². The SMILES string of the molecule is C=C(C)CN(CC)C(C)C(C)CNCC(C)C. The third-order valence-electron chi connectivity index (χ3n) is 3.30. The maximum absolute atomic E-state index is 4.01. The Balaban J connectivity index is 4.06. The molecule has 0 bridgehead atoms. The normalized spacial score (nSPS) is 15.3. The first-order chi connectivity index (χ1) is 7.88. The van der Waals surface area contributed by atoms with Crippen LogP contribution in [-0.2, 0) is 0 Å². The Morgan fingerprint density at radius 2 is 1.76 bits per heavy atom. The minimum absolute atomic E-state index is 0.608. The second kappa shape index (κ2) is 8.71. The van der Waals surface area contributed by atoms with Crippen molar-refractivity contribution >= 4 is 0 Å². The molecule has 0 rings (SSSR count). The van der Waals surface area contributed by atoms with Crippen molar-refractivity contribution < 1.29 is 0 Å². The molecule has 2 nitrogen and oxygen atoms in total. The second-order valence-electron chi connectivity index (χ2n) is 5.79. The van der Waals surface area contributed by atoms with Crippen LogP contribution in [0.5, 0.6) is 0 Å². The predicted molar refractivity (Wildman–Crippen MR) is 78.4 cm³/mol. The van der Waals surface area contributed by atoms with Gasteiger partial charge < -0.3 is 5.32 Å². The maximum atomic E-state index is 4.01. The minimum Gasteiger partial charge on any atom is -0.316 e. The lowest BCUT2D eigenvalue weighted by molar-refractivity contribution is 0.180. The summed E-state index contributed by atoms with van der Waals surface area (Å²) in [4.78, 5) is 2.50. The van der Waals surface area contributed by atoms with E-state index in [4.69, 9.17) is 0 Å². The van der Waals surface area contributed by atoms with Gasteiger partial charge in [0.2, 0.25) is 0 Å². The molecule has 0 spiro atoms. The van der Waals surface area contributed by atoms with Crippen LogP contribution in [-0.4, -0.2) is 37.1 Å². The van der Waals surface area contributed by atoms with Gasteiger partial charge in [-0.2, -0.15) is 0 Å². The molecule has 0 fully saturated rings. The van der Waals surface area contributed by atoms with Gasteiger partial charge >= 0.3 is 0 Å². The van der Waals surface area contributed by atoms with Gasteiger partial charge in [0.1, 0.15) is 0 Å². The van der Waals surface area contributed by atoms with Gasteiger partial charge in [-0.05, 0) is 45.3 Å². The smallest absolute Gasteiger partial charge is 0.0190 e. The molecule has 0 aromatic rings. The molecular weight excluding hydrogens is 208 g/mol. The molecule has 0 aromatic carbocycles. The summed E-state index contributed by atoms with van der Waals surface area (Å²) in [5.41, 5.74) is 1.25. The van der Waals surface area contributed by atoms with E-state index in [1.807, 2.05) is 0 Å². The Bertz CT molecular complexity index is 211. The molecule has 0 radical (unpaired) electrons. The fourth-order valence-corrected chi connectivity index (χ4v) is 2.02. The van der Waals surface area contributed by atoms with E-state index in [9.17, 15) is 0 Å². The standard InChI is InChI=1S/C15H32N2/c1-8-17(11-13(4)5)15(7)14(6)10-16-9-12(2)3/h12,14-16H,4,8-11H2,1-3,5-7H3. The highest BCUT2D eigenvalue weighted by Crippen LogP contribution is 2.11. The molecule has 2 heteroatoms. The van der Waals surface area contributed by atoms with Crippen LogP contribution in [0.1, 0.15) is 41.5 Å². The first-order valence-electron chi connectivity index (χ1n) is 6.97. The van der Waals surface area contributed by atoms with Crippen LogP contribution < -0.4 is 5.32 Å². The summed E-state index contributed by atoms with van der Waals surface area (Å²) in [6.07, 6.45) is 0. The van der Waals surface area contributed by atoms with Crippen molar-refractivity contribution in [3.63, 3.8) is 0 Å². The zero-order valence-corrected chi connectivity index (χ0v) is 12.7. The third-order valence-corrected chi connectivity index (χ3v) is 3.30. The lowest BCUT2D eigenvalue weighted by Crippen LogP contribution is -2.42. The molecule has 0 saturated heterocycles. The van der Waals surface area contributed by atoms with Gasteiger partial charge in [0.15, 0.2) is 0 Å². The largest absolute Gasteiger partial charge is 0.316 e. The highest BCUT2D eigenvalue weighted by atomic mass is 15.1. The lowest BCUT2D eigenvalue weighted by atomic mass is 10.0. The van der Waals surface area contributed by atoms with Crippen molar-refractivity contribution in [3.8, 4) is 0 Å². The zero-order chi connectivity index (χ0) is 13.4. The Morgan fingerprint density at radius 1 is 1.18 bits per heavy atom. The van der Waals surface area contributed by atoms with Crippen LogP contribution >= 0.6 is 0 Å². The fourth-order valence-electron chi connectivity index (χ4n) is 2.02. The van der Waals surface area contributed by atoms with E-state index in [0.29, 0.717) is 12.0 Å². The number of nitrogens with one attached hydrogen (secondary N) is 1. The average Bonchev–Trinajstić information content (AvgIpc) is 2.23. The molecule has 17 heavy (non-hydrogen) atoms. The molecule has 102 valence electrons. The molecule has 0 heterocycles. The Kier molecular flexibility index (Phi) is 8.53. The van der Waals surface area contributed by atoms with E-state index in [1.165, 1.54) is 5.57 Å². The summed E-state index contributed by atoms with van der Waals surface area (Å²) in [6, 6.07) is 0.608. The Labute approximate surface area is 108 Å². The van der Waals surface area contributed by atoms with Crippen LogP contribution in [0.25, 0.3) is 0 Å². The second-order valence-corrected chi connectivity index (χ2v) is 5.79. The fraction of sp³-hybridized carbons (Fsp3) is 0.867. The maximum Gasteiger partial charge on any atom is 0.0190 e. The lowest BCUT2D eigenvalue weighted by Gasteiger charge is -2.32. The van der Waals surface area contributed by atoms with E-state index in [-0.39, 0.29) is 0 Å². The number of rotatable bonds is 9. The van der Waals surface area contributed by atoms with Crippen LogP contribution in [0, 0.1) is 11.8 Å². The molecule has 1 N–H and O–H groups in total. The number of hydrogen-bond donors (Lipinski definition) is 1. The van der Waals surface area contributed by atoms with Crippen molar-refractivity contribution in [3.05, 3.63) is 12.2 Å². The highest BCUT2D eigenvalue weighted by molar-refractivity contribution is 4.93. The summed E-state index contributed by atoms with van der Waals surface area (Å²) in [5, 5.41) is 3.55. The highest BCUT2D eigenvalue weighted by Gasteiger charge is 2.18. The monoisotopic (exact) mass is 240 g/mol. The summed E-state index contributed by atoms with van der Waals surface area (Å²) >= 11 is 0. The summed E-state index contributed by atoms with van der Waals surface area (Å²) in [6.45, 7) is 21.8. The predicted octanol–water partition coefficient (Wildman–Crippen LogP) is 3.15. The molecule has 0 aliphatic rings. The minimum atomic E-state index is 0.608. The molecular formula is C15H32N2. The molecule has 0 aliphatic carbocycles. The zero-order valence-electron chi connectivity index (χ0n) is 12.7. The van der Waals surface area contributed by atoms with Gasteiger partial charge in [-0.1, -0.05) is 39.8 Å². The summed E-state index contributed by atoms with van der Waals surface area (Å²) < 4.78 is 0. The third kappa shape index (κ3) is 7.56. The van der Waals surface area contributed by atoms with Gasteiger partial charge in [0.25, 0.3) is 0 Å². The summed E-state index contributed by atoms with van der Waals surface area (Å²) in [7, 11) is 0. The number of nitrogens with zero attached hydrogens (tertiary/aromatic N) is 1. The first-order valence-corrected chi connectivity index (χ1v) is 6.97. The van der Waals surface area contributed by atoms with Gasteiger partial charge in [-0.15, -0.1) is 0 Å². The van der Waals surface area contributed by atoms with Crippen LogP contribution in [0.15, 0.2) is 12.2 Å². The molecule has 0 amide bonds. The van der Waals surface area contributed by atoms with Gasteiger partial charge in [0, 0.05) is 12.6 Å². The van der Waals surface area contributed by atoms with Crippen LogP contribution in [0.4, 0.5) is 0 Å². The van der Waals surface area contributed by atoms with Crippen molar-refractivity contribution in [2.45, 2.75) is 47.6 Å².